The number of nitrogens with one attached hydrogen (secondary N) is 2. The number of hydrogen-bond donors (Lipinski definition) is 2. The molecule has 0 bridgehead atoms. The van der Waals surface area contributed by atoms with Gasteiger partial charge in [-0.1, -0.05) is 12.1 Å². The molecule has 0 spiro atoms. The van der Waals surface area contributed by atoms with Gasteiger partial charge in [0.25, 0.3) is 0 Å². The highest BCUT2D eigenvalue weighted by molar-refractivity contribution is 7.89. The molecule has 7 nitrogen and oxygen atoms in total. The summed E-state index contributed by atoms with van der Waals surface area (Å²) in [4.78, 5) is 19.2. The number of fused-ring (bicyclic) bond motifs is 1. The summed E-state index contributed by atoms with van der Waals surface area (Å²) < 4.78 is 28.9. The smallest absolute Gasteiger partial charge is 0.240 e. The van der Waals surface area contributed by atoms with Crippen LogP contribution in [0.25, 0.3) is 0 Å². The van der Waals surface area contributed by atoms with Crippen LogP contribution < -0.4 is 14.9 Å². The first-order valence-corrected chi connectivity index (χ1v) is 12.9. The maximum Gasteiger partial charge on any atom is 0.240 e. The summed E-state index contributed by atoms with van der Waals surface area (Å²) in [5, 5.41) is 3.07. The Morgan fingerprint density at radius 3 is 2.69 bits per heavy atom. The number of benzene rings is 1. The van der Waals surface area contributed by atoms with E-state index in [0.29, 0.717) is 30.6 Å². The lowest BCUT2D eigenvalue weighted by atomic mass is 9.85. The second kappa shape index (κ2) is 9.58. The summed E-state index contributed by atoms with van der Waals surface area (Å²) in [6.45, 7) is 2.89. The van der Waals surface area contributed by atoms with Gasteiger partial charge in [-0.2, -0.15) is 0 Å². The normalized spacial score (nSPS) is 22.1. The molecule has 1 amide bonds. The SMILES string of the molecule is CC(NC(=O)[C@H]1CC[C@H](NS(=O)(=O)c2ccc3c(c2)N(C)CCC3)CC1)c1cccnc1. The summed E-state index contributed by atoms with van der Waals surface area (Å²) >= 11 is 0. The van der Waals surface area contributed by atoms with Crippen LogP contribution in [-0.4, -0.2) is 38.9 Å². The van der Waals surface area contributed by atoms with Gasteiger partial charge in [-0.15, -0.1) is 0 Å². The summed E-state index contributed by atoms with van der Waals surface area (Å²) in [6.07, 6.45) is 8.20. The second-order valence-electron chi connectivity index (χ2n) is 9.00. The van der Waals surface area contributed by atoms with E-state index in [2.05, 4.69) is 19.9 Å². The standard InChI is InChI=1S/C24H32N4O3S/c1-17(20-5-3-13-25-16-20)26-24(29)19-7-10-21(11-8-19)27-32(30,31)22-12-9-18-6-4-14-28(2)23(18)15-22/h3,5,9,12-13,15-17,19,21,27H,4,6-8,10-11,14H2,1-2H3,(H,26,29)/t17?,19-,21-. The Morgan fingerprint density at radius 1 is 1.19 bits per heavy atom. The molecule has 1 aromatic heterocycles. The quantitative estimate of drug-likeness (QED) is 0.697. The molecule has 1 saturated carbocycles. The van der Waals surface area contributed by atoms with Gasteiger partial charge in [0.05, 0.1) is 10.9 Å². The first kappa shape index (κ1) is 22.7. The van der Waals surface area contributed by atoms with Crippen LogP contribution >= 0.6 is 0 Å². The van der Waals surface area contributed by atoms with Crippen molar-refractivity contribution in [3.05, 3.63) is 53.9 Å². The predicted molar refractivity (Wildman–Crippen MR) is 125 cm³/mol. The Bertz CT molecular complexity index is 1050. The number of sulfonamides is 1. The van der Waals surface area contributed by atoms with Gasteiger partial charge in [-0.3, -0.25) is 9.78 Å². The third-order valence-electron chi connectivity index (χ3n) is 6.68. The summed E-state index contributed by atoms with van der Waals surface area (Å²) in [5.74, 6) is -0.0624. The number of amides is 1. The van der Waals surface area contributed by atoms with Crippen molar-refractivity contribution in [2.75, 3.05) is 18.5 Å². The number of carbonyl (C=O) groups is 1. The van der Waals surface area contributed by atoms with Gasteiger partial charge in [0.1, 0.15) is 0 Å². The molecule has 1 atom stereocenters. The third-order valence-corrected chi connectivity index (χ3v) is 8.20. The van der Waals surface area contributed by atoms with Gasteiger partial charge in [0, 0.05) is 43.6 Å². The first-order valence-electron chi connectivity index (χ1n) is 11.4. The monoisotopic (exact) mass is 456 g/mol. The lowest BCUT2D eigenvalue weighted by Gasteiger charge is -2.30. The molecule has 8 heteroatoms. The van der Waals surface area contributed by atoms with Crippen molar-refractivity contribution in [2.45, 2.75) is 62.4 Å². The van der Waals surface area contributed by atoms with Gasteiger partial charge in [-0.05, 0) is 74.8 Å². The third kappa shape index (κ3) is 5.13. The summed E-state index contributed by atoms with van der Waals surface area (Å²) in [7, 11) is -1.59. The van der Waals surface area contributed by atoms with E-state index in [0.717, 1.165) is 30.6 Å². The fourth-order valence-electron chi connectivity index (χ4n) is 4.71. The Morgan fingerprint density at radius 2 is 1.97 bits per heavy atom. The molecular formula is C24H32N4O3S. The Labute approximate surface area is 190 Å². The Balaban J connectivity index is 1.32. The maximum absolute atomic E-state index is 13.0. The van der Waals surface area contributed by atoms with Gasteiger partial charge in [0.2, 0.25) is 15.9 Å². The van der Waals surface area contributed by atoms with Gasteiger partial charge < -0.3 is 10.2 Å². The average Bonchev–Trinajstić information content (AvgIpc) is 2.80. The van der Waals surface area contributed by atoms with E-state index in [1.807, 2.05) is 32.2 Å². The second-order valence-corrected chi connectivity index (χ2v) is 10.7. The topological polar surface area (TPSA) is 91.4 Å². The molecule has 1 aliphatic carbocycles. The molecule has 2 aromatic rings. The van der Waals surface area contributed by atoms with Crippen molar-refractivity contribution >= 4 is 21.6 Å². The number of anilines is 1. The number of rotatable bonds is 6. The number of aromatic nitrogens is 1. The predicted octanol–water partition coefficient (Wildman–Crippen LogP) is 3.18. The minimum absolute atomic E-state index is 0.0281. The van der Waals surface area contributed by atoms with Gasteiger partial charge in [0.15, 0.2) is 0 Å². The average molecular weight is 457 g/mol. The molecule has 0 saturated heterocycles. The van der Waals surface area contributed by atoms with Crippen molar-refractivity contribution < 1.29 is 13.2 Å². The molecule has 2 aliphatic rings. The van der Waals surface area contributed by atoms with Gasteiger partial charge in [-0.25, -0.2) is 13.1 Å². The molecule has 2 N–H and O–H groups in total. The first-order chi connectivity index (χ1) is 15.3. The zero-order valence-corrected chi connectivity index (χ0v) is 19.6. The lowest BCUT2D eigenvalue weighted by Crippen LogP contribution is -2.41. The van der Waals surface area contributed by atoms with Crippen LogP contribution in [0.4, 0.5) is 5.69 Å². The minimum atomic E-state index is -3.59. The minimum Gasteiger partial charge on any atom is -0.374 e. The number of carbonyl (C=O) groups excluding carboxylic acids is 1. The number of hydrogen-bond acceptors (Lipinski definition) is 5. The Hall–Kier alpha value is -2.45. The Kier molecular flexibility index (Phi) is 6.81. The largest absolute Gasteiger partial charge is 0.374 e. The van der Waals surface area contributed by atoms with Crippen LogP contribution in [0.2, 0.25) is 0 Å². The van der Waals surface area contributed by atoms with E-state index in [9.17, 15) is 13.2 Å². The zero-order chi connectivity index (χ0) is 22.7. The number of nitrogens with zero attached hydrogens (tertiary/aromatic N) is 2. The van der Waals surface area contributed by atoms with E-state index >= 15 is 0 Å². The van der Waals surface area contributed by atoms with Gasteiger partial charge >= 0.3 is 0 Å². The van der Waals surface area contributed by atoms with Crippen LogP contribution in [-0.2, 0) is 21.2 Å². The molecule has 1 unspecified atom stereocenters. The fraction of sp³-hybridized carbons (Fsp3) is 0.500. The molecule has 0 radical (unpaired) electrons. The van der Waals surface area contributed by atoms with Crippen LogP contribution in [0.5, 0.6) is 0 Å². The van der Waals surface area contributed by atoms with Crippen LogP contribution in [0.15, 0.2) is 47.6 Å². The van der Waals surface area contributed by atoms with Crippen LogP contribution in [0, 0.1) is 5.92 Å². The molecule has 2 heterocycles. The molecule has 32 heavy (non-hydrogen) atoms. The summed E-state index contributed by atoms with van der Waals surface area (Å²) in [5.41, 5.74) is 3.17. The van der Waals surface area contributed by atoms with Crippen molar-refractivity contribution in [1.29, 1.82) is 0 Å². The van der Waals surface area contributed by atoms with Crippen molar-refractivity contribution in [1.82, 2.24) is 15.0 Å². The van der Waals surface area contributed by atoms with Crippen molar-refractivity contribution in [3.8, 4) is 0 Å². The highest BCUT2D eigenvalue weighted by Gasteiger charge is 2.30. The summed E-state index contributed by atoms with van der Waals surface area (Å²) in [6, 6.07) is 8.99. The number of pyridine rings is 1. The maximum atomic E-state index is 13.0. The molecule has 1 fully saturated rings. The lowest BCUT2D eigenvalue weighted by molar-refractivity contribution is -0.126. The highest BCUT2D eigenvalue weighted by atomic mass is 32.2. The van der Waals surface area contributed by atoms with Crippen molar-refractivity contribution in [3.63, 3.8) is 0 Å². The van der Waals surface area contributed by atoms with Crippen molar-refractivity contribution in [2.24, 2.45) is 5.92 Å². The highest BCUT2D eigenvalue weighted by Crippen LogP contribution is 2.30. The molecular weight excluding hydrogens is 424 g/mol. The molecule has 172 valence electrons. The fourth-order valence-corrected chi connectivity index (χ4v) is 6.04. The molecule has 1 aromatic carbocycles. The van der Waals surface area contributed by atoms with Crippen LogP contribution in [0.1, 0.15) is 56.2 Å². The van der Waals surface area contributed by atoms with E-state index < -0.39 is 10.0 Å². The van der Waals surface area contributed by atoms with E-state index in [4.69, 9.17) is 0 Å². The van der Waals surface area contributed by atoms with Crippen LogP contribution in [0.3, 0.4) is 0 Å². The van der Waals surface area contributed by atoms with E-state index in [1.54, 1.807) is 24.5 Å². The van der Waals surface area contributed by atoms with E-state index in [1.165, 1.54) is 5.56 Å². The number of aryl methyl sites for hydroxylation is 1. The molecule has 1 aliphatic heterocycles. The molecule has 4 rings (SSSR count). The van der Waals surface area contributed by atoms with E-state index in [-0.39, 0.29) is 23.9 Å². The zero-order valence-electron chi connectivity index (χ0n) is 18.8.